The number of halogens is 6. The number of hydrogen-bond acceptors (Lipinski definition) is 4. The molecule has 2 aromatic carbocycles. The van der Waals surface area contributed by atoms with E-state index in [4.69, 9.17) is 9.47 Å². The largest absolute Gasteiger partial charge is 0.444 e. The topological polar surface area (TPSA) is 76.7 Å². The number of benzene rings is 2. The Morgan fingerprint density at radius 1 is 0.923 bits per heavy atom. The molecule has 216 valence electrons. The van der Waals surface area contributed by atoms with Gasteiger partial charge in [-0.15, -0.1) is 0 Å². The first-order chi connectivity index (χ1) is 17.9. The molecule has 1 atom stereocenters. The molecule has 0 aliphatic rings. The molecule has 0 radical (unpaired) electrons. The quantitative estimate of drug-likeness (QED) is 0.322. The fraction of sp³-hybridized carbons (Fsp3) is 0.481. The minimum absolute atomic E-state index is 0.00440. The first kappa shape index (κ1) is 31.9. The second kappa shape index (κ2) is 12.3. The third kappa shape index (κ3) is 8.11. The van der Waals surface area contributed by atoms with Crippen LogP contribution in [0.4, 0.5) is 36.8 Å². The van der Waals surface area contributed by atoms with Crippen LogP contribution in [0, 0.1) is 0 Å². The molecule has 2 rings (SSSR count). The Bertz CT molecular complexity index is 1110. The average Bonchev–Trinajstić information content (AvgIpc) is 2.78. The van der Waals surface area contributed by atoms with Crippen molar-refractivity contribution < 1.29 is 45.4 Å². The summed E-state index contributed by atoms with van der Waals surface area (Å²) >= 11 is 0. The molecule has 0 aliphatic heterocycles. The van der Waals surface area contributed by atoms with Crippen LogP contribution in [0.5, 0.6) is 0 Å². The minimum atomic E-state index is -5.86. The molecular formula is C27H32F6N2O4. The van der Waals surface area contributed by atoms with Crippen LogP contribution in [-0.4, -0.2) is 36.0 Å². The smallest absolute Gasteiger partial charge is 0.430 e. The monoisotopic (exact) mass is 562 g/mol. The molecule has 0 spiro atoms. The number of hydrogen-bond donors (Lipinski definition) is 2. The van der Waals surface area contributed by atoms with Crippen LogP contribution in [0.1, 0.15) is 57.7 Å². The number of carbonyl (C=O) groups excluding carboxylic acids is 2. The van der Waals surface area contributed by atoms with Gasteiger partial charge in [0.05, 0.1) is 6.61 Å². The highest BCUT2D eigenvalue weighted by molar-refractivity contribution is 5.96. The van der Waals surface area contributed by atoms with Crippen molar-refractivity contribution in [1.82, 2.24) is 5.32 Å². The Hall–Kier alpha value is -3.28. The molecule has 0 heterocycles. The lowest BCUT2D eigenvalue weighted by Gasteiger charge is -2.38. The molecule has 39 heavy (non-hydrogen) atoms. The number of alkyl halides is 6. The van der Waals surface area contributed by atoms with Crippen LogP contribution in [0.15, 0.2) is 48.5 Å². The molecule has 2 N–H and O–H groups in total. The van der Waals surface area contributed by atoms with E-state index in [2.05, 4.69) is 10.6 Å². The fourth-order valence-electron chi connectivity index (χ4n) is 3.70. The lowest BCUT2D eigenvalue weighted by Crippen LogP contribution is -2.55. The summed E-state index contributed by atoms with van der Waals surface area (Å²) in [5.41, 5.74) is -6.44. The van der Waals surface area contributed by atoms with E-state index in [9.17, 15) is 35.9 Å². The highest BCUT2D eigenvalue weighted by Gasteiger charge is 2.73. The molecule has 0 unspecified atom stereocenters. The highest BCUT2D eigenvalue weighted by Crippen LogP contribution is 2.53. The standard InChI is InChI=1S/C27H32F6N2O4/c1-6-10-19-15-20(13-14-21(19)35-22(36)17(2)34-23(37)39-24(3,4)5)25(26(28,29)30,27(31,32)33)38-16-18-11-8-7-9-12-18/h7-9,11-15,17H,6,10,16H2,1-5H3,(H,34,37)(H,35,36)/t17-/m0/s1. The van der Waals surface area contributed by atoms with Crippen LogP contribution in [0.2, 0.25) is 0 Å². The lowest BCUT2D eigenvalue weighted by molar-refractivity contribution is -0.392. The molecule has 0 fully saturated rings. The van der Waals surface area contributed by atoms with Gasteiger partial charge in [0.2, 0.25) is 5.91 Å². The van der Waals surface area contributed by atoms with Crippen molar-refractivity contribution in [3.63, 3.8) is 0 Å². The maximum absolute atomic E-state index is 14.3. The van der Waals surface area contributed by atoms with Gasteiger partial charge in [0.15, 0.2) is 0 Å². The SMILES string of the molecule is CCCc1cc(C(OCc2ccccc2)(C(F)(F)F)C(F)(F)F)ccc1NC(=O)[C@H](C)NC(=O)OC(C)(C)C. The van der Waals surface area contributed by atoms with E-state index >= 15 is 0 Å². The first-order valence-corrected chi connectivity index (χ1v) is 12.2. The molecule has 2 aromatic rings. The minimum Gasteiger partial charge on any atom is -0.444 e. The predicted molar refractivity (Wildman–Crippen MR) is 133 cm³/mol. The number of anilines is 1. The Kier molecular flexibility index (Phi) is 10.0. The van der Waals surface area contributed by atoms with Crippen LogP contribution in [0.3, 0.4) is 0 Å². The van der Waals surface area contributed by atoms with Gasteiger partial charge >= 0.3 is 18.4 Å². The van der Waals surface area contributed by atoms with Crippen LogP contribution in [-0.2, 0) is 32.9 Å². The molecule has 0 aromatic heterocycles. The average molecular weight is 563 g/mol. The Balaban J connectivity index is 2.45. The van der Waals surface area contributed by atoms with Crippen LogP contribution in [0.25, 0.3) is 0 Å². The number of alkyl carbamates (subject to hydrolysis) is 1. The molecule has 12 heteroatoms. The van der Waals surface area contributed by atoms with Crippen molar-refractivity contribution in [1.29, 1.82) is 0 Å². The lowest BCUT2D eigenvalue weighted by atomic mass is 9.89. The van der Waals surface area contributed by atoms with Crippen molar-refractivity contribution in [3.05, 3.63) is 65.2 Å². The van der Waals surface area contributed by atoms with Crippen molar-refractivity contribution in [2.75, 3.05) is 5.32 Å². The van der Waals surface area contributed by atoms with Gasteiger partial charge in [0.1, 0.15) is 11.6 Å². The summed E-state index contributed by atoms with van der Waals surface area (Å²) in [6.07, 6.45) is -12.2. The number of aryl methyl sites for hydroxylation is 1. The van der Waals surface area contributed by atoms with Gasteiger partial charge in [-0.2, -0.15) is 26.3 Å². The zero-order chi connectivity index (χ0) is 29.6. The van der Waals surface area contributed by atoms with Crippen molar-refractivity contribution in [2.45, 2.75) is 83.7 Å². The second-order valence-electron chi connectivity index (χ2n) is 9.93. The summed E-state index contributed by atoms with van der Waals surface area (Å²) in [4.78, 5) is 24.6. The number of carbonyl (C=O) groups is 2. The summed E-state index contributed by atoms with van der Waals surface area (Å²) in [6, 6.07) is 8.44. The fourth-order valence-corrected chi connectivity index (χ4v) is 3.70. The number of amides is 2. The molecule has 6 nitrogen and oxygen atoms in total. The molecule has 0 saturated carbocycles. The summed E-state index contributed by atoms with van der Waals surface area (Å²) in [6.45, 7) is 6.96. The van der Waals surface area contributed by atoms with E-state index in [1.807, 2.05) is 0 Å². The van der Waals surface area contributed by atoms with E-state index in [1.54, 1.807) is 33.8 Å². The molecule has 2 amide bonds. The summed E-state index contributed by atoms with van der Waals surface area (Å²) in [7, 11) is 0. The Morgan fingerprint density at radius 3 is 2.03 bits per heavy atom. The van der Waals surface area contributed by atoms with Gasteiger partial charge in [-0.05, 0) is 51.3 Å². The Labute approximate surface area is 223 Å². The Morgan fingerprint density at radius 2 is 1.51 bits per heavy atom. The maximum atomic E-state index is 14.3. The number of ether oxygens (including phenoxy) is 2. The third-order valence-corrected chi connectivity index (χ3v) is 5.51. The van der Waals surface area contributed by atoms with Crippen molar-refractivity contribution >= 4 is 17.7 Å². The molecule has 0 saturated heterocycles. The van der Waals surface area contributed by atoms with Crippen molar-refractivity contribution in [3.8, 4) is 0 Å². The van der Waals surface area contributed by atoms with Gasteiger partial charge in [-0.3, -0.25) is 4.79 Å². The van der Waals surface area contributed by atoms with E-state index in [0.29, 0.717) is 12.5 Å². The number of nitrogens with one attached hydrogen (secondary N) is 2. The predicted octanol–water partition coefficient (Wildman–Crippen LogP) is 7.03. The van der Waals surface area contributed by atoms with E-state index < -0.39 is 53.8 Å². The van der Waals surface area contributed by atoms with Crippen LogP contribution >= 0.6 is 0 Å². The zero-order valence-corrected chi connectivity index (χ0v) is 22.2. The summed E-state index contributed by atoms with van der Waals surface area (Å²) < 4.78 is 95.4. The van der Waals surface area contributed by atoms with E-state index in [0.717, 1.165) is 12.1 Å². The van der Waals surface area contributed by atoms with Gasteiger partial charge in [-0.25, -0.2) is 4.79 Å². The van der Waals surface area contributed by atoms with E-state index in [-0.39, 0.29) is 23.2 Å². The summed E-state index contributed by atoms with van der Waals surface area (Å²) in [5, 5.41) is 4.79. The maximum Gasteiger partial charge on any atom is 0.430 e. The van der Waals surface area contributed by atoms with Gasteiger partial charge in [0.25, 0.3) is 5.60 Å². The zero-order valence-electron chi connectivity index (χ0n) is 22.2. The second-order valence-corrected chi connectivity index (χ2v) is 9.93. The highest BCUT2D eigenvalue weighted by atomic mass is 19.4. The summed E-state index contributed by atoms with van der Waals surface area (Å²) in [5.74, 6) is -0.746. The van der Waals surface area contributed by atoms with E-state index in [1.165, 1.54) is 31.2 Å². The molecular weight excluding hydrogens is 530 g/mol. The van der Waals surface area contributed by atoms with Gasteiger partial charge in [-0.1, -0.05) is 55.8 Å². The van der Waals surface area contributed by atoms with Gasteiger partial charge < -0.3 is 20.1 Å². The molecule has 0 aliphatic carbocycles. The normalized spacial score (nSPS) is 13.5. The molecule has 0 bridgehead atoms. The van der Waals surface area contributed by atoms with Crippen LogP contribution < -0.4 is 10.6 Å². The van der Waals surface area contributed by atoms with Crippen molar-refractivity contribution in [2.24, 2.45) is 0 Å². The third-order valence-electron chi connectivity index (χ3n) is 5.51. The first-order valence-electron chi connectivity index (χ1n) is 12.2. The van der Waals surface area contributed by atoms with Gasteiger partial charge in [0, 0.05) is 11.3 Å². The number of rotatable bonds is 9.